The summed E-state index contributed by atoms with van der Waals surface area (Å²) < 4.78 is 19.2. The Hall–Kier alpha value is -0.800. The van der Waals surface area contributed by atoms with Crippen molar-refractivity contribution in [2.24, 2.45) is 5.73 Å². The molecule has 2 nitrogen and oxygen atoms in total. The van der Waals surface area contributed by atoms with E-state index in [1.165, 1.54) is 13.2 Å². The van der Waals surface area contributed by atoms with Gasteiger partial charge in [0.2, 0.25) is 0 Å². The highest BCUT2D eigenvalue weighted by atomic mass is 35.5. The van der Waals surface area contributed by atoms with Gasteiger partial charge in [-0.25, -0.2) is 4.39 Å². The zero-order valence-corrected chi connectivity index (χ0v) is 10.7. The molecule has 0 aromatic heterocycles. The lowest BCUT2D eigenvalue weighted by Crippen LogP contribution is -2.39. The van der Waals surface area contributed by atoms with E-state index < -0.39 is 5.54 Å². The Bertz CT molecular complexity index is 416. The molecule has 1 aromatic carbocycles. The summed E-state index contributed by atoms with van der Waals surface area (Å²) >= 11 is 5.98. The predicted octanol–water partition coefficient (Wildman–Crippen LogP) is 3.61. The van der Waals surface area contributed by atoms with E-state index in [2.05, 4.69) is 0 Å². The van der Waals surface area contributed by atoms with Crippen molar-refractivity contribution >= 4 is 11.6 Å². The molecule has 0 radical (unpaired) electrons. The molecule has 17 heavy (non-hydrogen) atoms. The number of ether oxygens (including phenoxy) is 1. The van der Waals surface area contributed by atoms with E-state index in [-0.39, 0.29) is 11.6 Å². The van der Waals surface area contributed by atoms with E-state index in [4.69, 9.17) is 22.1 Å². The van der Waals surface area contributed by atoms with Crippen molar-refractivity contribution < 1.29 is 9.13 Å². The Balaban J connectivity index is 2.46. The van der Waals surface area contributed by atoms with E-state index in [9.17, 15) is 4.39 Å². The molecule has 94 valence electrons. The van der Waals surface area contributed by atoms with Crippen LogP contribution in [0.25, 0.3) is 0 Å². The van der Waals surface area contributed by atoms with Crippen LogP contribution in [0.4, 0.5) is 4.39 Å². The van der Waals surface area contributed by atoms with Gasteiger partial charge in [-0.05, 0) is 18.9 Å². The molecule has 0 saturated heterocycles. The predicted molar refractivity (Wildman–Crippen MR) is 66.9 cm³/mol. The lowest BCUT2D eigenvalue weighted by Gasteiger charge is -2.34. The van der Waals surface area contributed by atoms with Crippen molar-refractivity contribution in [1.82, 2.24) is 0 Å². The molecule has 1 saturated carbocycles. The molecule has 0 heterocycles. The molecule has 0 atom stereocenters. The van der Waals surface area contributed by atoms with E-state index in [1.807, 2.05) is 0 Å². The van der Waals surface area contributed by atoms with Crippen LogP contribution in [0.1, 0.15) is 37.7 Å². The molecule has 0 unspecified atom stereocenters. The number of methoxy groups -OCH3 is 1. The zero-order chi connectivity index (χ0) is 12.5. The lowest BCUT2D eigenvalue weighted by molar-refractivity contribution is 0.287. The first-order valence-corrected chi connectivity index (χ1v) is 6.27. The maximum Gasteiger partial charge on any atom is 0.170 e. The monoisotopic (exact) mass is 257 g/mol. The van der Waals surface area contributed by atoms with Crippen LogP contribution in [0.3, 0.4) is 0 Å². The molecule has 0 bridgehead atoms. The summed E-state index contributed by atoms with van der Waals surface area (Å²) in [5.74, 6) is -0.204. The summed E-state index contributed by atoms with van der Waals surface area (Å²) in [5, 5.41) is 0.466. The maximum absolute atomic E-state index is 14.2. The van der Waals surface area contributed by atoms with Crippen molar-refractivity contribution in [2.45, 2.75) is 37.6 Å². The second-order valence-electron chi connectivity index (χ2n) is 4.69. The summed E-state index contributed by atoms with van der Waals surface area (Å²) in [6.45, 7) is 0. The molecule has 0 spiro atoms. The maximum atomic E-state index is 14.2. The fourth-order valence-corrected chi connectivity index (χ4v) is 2.74. The number of hydrogen-bond donors (Lipinski definition) is 1. The van der Waals surface area contributed by atoms with Crippen LogP contribution < -0.4 is 10.5 Å². The van der Waals surface area contributed by atoms with Crippen LogP contribution in [0, 0.1) is 5.82 Å². The van der Waals surface area contributed by atoms with Gasteiger partial charge in [0.15, 0.2) is 11.6 Å². The van der Waals surface area contributed by atoms with Gasteiger partial charge in [0.25, 0.3) is 0 Å². The summed E-state index contributed by atoms with van der Waals surface area (Å²) in [5.41, 5.74) is 6.21. The molecular weight excluding hydrogens is 241 g/mol. The number of benzene rings is 1. The van der Waals surface area contributed by atoms with Crippen LogP contribution in [-0.2, 0) is 5.54 Å². The van der Waals surface area contributed by atoms with Gasteiger partial charge in [-0.3, -0.25) is 0 Å². The molecule has 2 N–H and O–H groups in total. The highest BCUT2D eigenvalue weighted by molar-refractivity contribution is 6.30. The van der Waals surface area contributed by atoms with Gasteiger partial charge in [-0.1, -0.05) is 30.9 Å². The average Bonchev–Trinajstić information content (AvgIpc) is 2.32. The first-order valence-electron chi connectivity index (χ1n) is 5.89. The van der Waals surface area contributed by atoms with Crippen LogP contribution in [0.2, 0.25) is 5.02 Å². The number of halogens is 2. The number of hydrogen-bond acceptors (Lipinski definition) is 2. The van der Waals surface area contributed by atoms with Gasteiger partial charge in [0.05, 0.1) is 7.11 Å². The summed E-state index contributed by atoms with van der Waals surface area (Å²) in [6.07, 6.45) is 4.83. The molecule has 1 aliphatic rings. The molecule has 2 rings (SSSR count). The Labute approximate surface area is 106 Å². The highest BCUT2D eigenvalue weighted by Crippen LogP contribution is 2.39. The van der Waals surface area contributed by atoms with Crippen molar-refractivity contribution in [1.29, 1.82) is 0 Å². The summed E-state index contributed by atoms with van der Waals surface area (Å²) in [6, 6.07) is 3.11. The van der Waals surface area contributed by atoms with E-state index in [0.29, 0.717) is 10.6 Å². The van der Waals surface area contributed by atoms with Crippen LogP contribution in [-0.4, -0.2) is 7.11 Å². The smallest absolute Gasteiger partial charge is 0.170 e. The molecule has 4 heteroatoms. The number of nitrogens with two attached hydrogens (primary N) is 1. The van der Waals surface area contributed by atoms with Crippen molar-refractivity contribution in [2.75, 3.05) is 7.11 Å². The normalized spacial score (nSPS) is 19.1. The molecule has 1 aromatic rings. The van der Waals surface area contributed by atoms with E-state index in [0.717, 1.165) is 32.1 Å². The summed E-state index contributed by atoms with van der Waals surface area (Å²) in [7, 11) is 1.43. The van der Waals surface area contributed by atoms with Gasteiger partial charge >= 0.3 is 0 Å². The van der Waals surface area contributed by atoms with Gasteiger partial charge in [-0.15, -0.1) is 0 Å². The van der Waals surface area contributed by atoms with Crippen molar-refractivity contribution in [3.8, 4) is 5.75 Å². The van der Waals surface area contributed by atoms with Gasteiger partial charge in [0.1, 0.15) is 0 Å². The first-order chi connectivity index (χ1) is 8.07. The molecule has 0 amide bonds. The minimum Gasteiger partial charge on any atom is -0.494 e. The Morgan fingerprint density at radius 2 is 1.94 bits per heavy atom. The second-order valence-corrected chi connectivity index (χ2v) is 5.12. The van der Waals surface area contributed by atoms with Gasteiger partial charge in [0, 0.05) is 22.2 Å². The van der Waals surface area contributed by atoms with Crippen LogP contribution >= 0.6 is 11.6 Å². The highest BCUT2D eigenvalue weighted by Gasteiger charge is 2.33. The van der Waals surface area contributed by atoms with E-state index >= 15 is 0 Å². The van der Waals surface area contributed by atoms with Crippen molar-refractivity contribution in [3.63, 3.8) is 0 Å². The van der Waals surface area contributed by atoms with Crippen LogP contribution in [0.5, 0.6) is 5.75 Å². The molecule has 0 aliphatic heterocycles. The van der Waals surface area contributed by atoms with Gasteiger partial charge in [-0.2, -0.15) is 0 Å². The third kappa shape index (κ3) is 2.40. The number of rotatable bonds is 2. The third-order valence-electron chi connectivity index (χ3n) is 3.51. The largest absolute Gasteiger partial charge is 0.494 e. The minimum absolute atomic E-state index is 0.169. The quantitative estimate of drug-likeness (QED) is 0.879. The summed E-state index contributed by atoms with van der Waals surface area (Å²) in [4.78, 5) is 0. The van der Waals surface area contributed by atoms with Crippen molar-refractivity contribution in [3.05, 3.63) is 28.5 Å². The Morgan fingerprint density at radius 3 is 2.53 bits per heavy atom. The average molecular weight is 258 g/mol. The first kappa shape index (κ1) is 12.7. The topological polar surface area (TPSA) is 35.2 Å². The Kier molecular flexibility index (Phi) is 3.59. The fraction of sp³-hybridized carbons (Fsp3) is 0.538. The molecule has 1 fully saturated rings. The van der Waals surface area contributed by atoms with E-state index in [1.54, 1.807) is 6.07 Å². The van der Waals surface area contributed by atoms with Gasteiger partial charge < -0.3 is 10.5 Å². The fourth-order valence-electron chi connectivity index (χ4n) is 2.53. The lowest BCUT2D eigenvalue weighted by atomic mass is 9.77. The second kappa shape index (κ2) is 4.83. The standard InChI is InChI=1S/C13H17ClFNO/c1-17-11-8-9(14)7-10(12(11)15)13(16)5-3-2-4-6-13/h7-8H,2-6,16H2,1H3. The molecular formula is C13H17ClFNO. The minimum atomic E-state index is -0.597. The SMILES string of the molecule is COc1cc(Cl)cc(C2(N)CCCCC2)c1F. The Morgan fingerprint density at radius 1 is 1.29 bits per heavy atom. The zero-order valence-electron chi connectivity index (χ0n) is 9.93. The third-order valence-corrected chi connectivity index (χ3v) is 3.72. The van der Waals surface area contributed by atoms with Crippen LogP contribution in [0.15, 0.2) is 12.1 Å². The molecule has 1 aliphatic carbocycles.